The maximum atomic E-state index is 11.4. The molecule has 1 saturated heterocycles. The molecule has 10 heteroatoms. The summed E-state index contributed by atoms with van der Waals surface area (Å²) in [6, 6.07) is 11.4. The summed E-state index contributed by atoms with van der Waals surface area (Å²) >= 11 is 0. The van der Waals surface area contributed by atoms with Crippen LogP contribution in [0.1, 0.15) is 27.9 Å². The van der Waals surface area contributed by atoms with Gasteiger partial charge in [0, 0.05) is 12.3 Å². The molecular weight excluding hydrogens is 419 g/mol. The number of carbonyl (C=O) groups is 2. The third-order valence-electron chi connectivity index (χ3n) is 4.55. The molecule has 1 heterocycles. The van der Waals surface area contributed by atoms with E-state index in [1.54, 1.807) is 13.0 Å². The van der Waals surface area contributed by atoms with Gasteiger partial charge >= 0.3 is 18.1 Å². The Morgan fingerprint density at radius 1 is 1.19 bits per heavy atom. The summed E-state index contributed by atoms with van der Waals surface area (Å²) in [7, 11) is 0. The van der Waals surface area contributed by atoms with E-state index in [2.05, 4.69) is 0 Å². The highest BCUT2D eigenvalue weighted by Crippen LogP contribution is 2.28. The van der Waals surface area contributed by atoms with Gasteiger partial charge in [-0.3, -0.25) is 0 Å². The first kappa shape index (κ1) is 24.2. The van der Waals surface area contributed by atoms with Gasteiger partial charge in [0.25, 0.3) is 0 Å². The Bertz CT molecular complexity index is 939. The first-order chi connectivity index (χ1) is 14.5. The van der Waals surface area contributed by atoms with E-state index in [0.717, 1.165) is 29.7 Å². The highest BCUT2D eigenvalue weighted by atomic mass is 19.4. The molecule has 1 aliphatic heterocycles. The molecule has 1 fully saturated rings. The topological polar surface area (TPSA) is 119 Å². The van der Waals surface area contributed by atoms with E-state index in [1.807, 2.05) is 30.3 Å². The summed E-state index contributed by atoms with van der Waals surface area (Å²) in [4.78, 5) is 20.3. The predicted octanol–water partition coefficient (Wildman–Crippen LogP) is 3.88. The lowest BCUT2D eigenvalue weighted by molar-refractivity contribution is -0.192. The van der Waals surface area contributed by atoms with Crippen LogP contribution in [0.15, 0.2) is 36.4 Å². The molecule has 2 aromatic rings. The second-order valence-electron chi connectivity index (χ2n) is 6.84. The Labute approximate surface area is 176 Å². The summed E-state index contributed by atoms with van der Waals surface area (Å²) in [5.74, 6) is -3.73. The van der Waals surface area contributed by atoms with Crippen molar-refractivity contribution in [2.24, 2.45) is 0 Å². The number of hydrogen-bond acceptors (Lipinski definition) is 5. The quantitative estimate of drug-likeness (QED) is 0.603. The number of alkyl halides is 3. The van der Waals surface area contributed by atoms with E-state index in [9.17, 15) is 23.1 Å². The van der Waals surface area contributed by atoms with Crippen molar-refractivity contribution in [1.82, 2.24) is 0 Å². The fourth-order valence-corrected chi connectivity index (χ4v) is 2.82. The van der Waals surface area contributed by atoms with Crippen molar-refractivity contribution in [3.63, 3.8) is 0 Å². The van der Waals surface area contributed by atoms with Gasteiger partial charge in [0.05, 0.1) is 24.9 Å². The van der Waals surface area contributed by atoms with Crippen molar-refractivity contribution in [2.75, 3.05) is 18.9 Å². The van der Waals surface area contributed by atoms with E-state index in [0.29, 0.717) is 24.5 Å². The van der Waals surface area contributed by atoms with E-state index >= 15 is 0 Å². The molecule has 0 amide bonds. The van der Waals surface area contributed by atoms with E-state index in [4.69, 9.17) is 25.1 Å². The number of aromatic carboxylic acids is 1. The molecule has 0 bridgehead atoms. The number of aliphatic carboxylic acids is 1. The largest absolute Gasteiger partial charge is 0.490 e. The number of anilines is 1. The third-order valence-corrected chi connectivity index (χ3v) is 4.55. The molecule has 2 aromatic carbocycles. The van der Waals surface area contributed by atoms with Gasteiger partial charge in [0.2, 0.25) is 0 Å². The van der Waals surface area contributed by atoms with Crippen molar-refractivity contribution in [2.45, 2.75) is 32.2 Å². The highest BCUT2D eigenvalue weighted by Gasteiger charge is 2.38. The normalized spacial score (nSPS) is 15.8. The van der Waals surface area contributed by atoms with Crippen molar-refractivity contribution in [1.29, 1.82) is 0 Å². The van der Waals surface area contributed by atoms with Crippen LogP contribution in [-0.4, -0.2) is 47.6 Å². The Balaban J connectivity index is 0.000000423. The summed E-state index contributed by atoms with van der Waals surface area (Å²) in [6.45, 7) is 3.63. The molecule has 0 spiro atoms. The second kappa shape index (κ2) is 10.3. The van der Waals surface area contributed by atoms with Gasteiger partial charge in [-0.1, -0.05) is 18.2 Å². The smallest absolute Gasteiger partial charge is 0.478 e. The summed E-state index contributed by atoms with van der Waals surface area (Å²) < 4.78 is 42.9. The average molecular weight is 441 g/mol. The standard InChI is InChI=1S/C19H21NO4.C2HF3O2/c1-12-17(19(21)22)8-15(9-18(12)20)14-4-2-3-13(7-14)10-24-16-5-6-23-11-16;3-2(4,5)1(6)7/h2-4,7-9,16H,5-6,10-11,20H2,1H3,(H,21,22);(H,6,7). The zero-order chi connectivity index (χ0) is 23.2. The van der Waals surface area contributed by atoms with Crippen LogP contribution < -0.4 is 5.73 Å². The van der Waals surface area contributed by atoms with Crippen LogP contribution in [0.3, 0.4) is 0 Å². The number of benzene rings is 2. The van der Waals surface area contributed by atoms with Gasteiger partial charge in [0.1, 0.15) is 0 Å². The van der Waals surface area contributed by atoms with Crippen LogP contribution >= 0.6 is 0 Å². The lowest BCUT2D eigenvalue weighted by Crippen LogP contribution is -2.21. The molecular formula is C21H22F3NO6. The van der Waals surface area contributed by atoms with Crippen LogP contribution in [0.25, 0.3) is 11.1 Å². The molecule has 168 valence electrons. The van der Waals surface area contributed by atoms with Crippen molar-refractivity contribution >= 4 is 17.6 Å². The monoisotopic (exact) mass is 441 g/mol. The Morgan fingerprint density at radius 3 is 2.42 bits per heavy atom. The van der Waals surface area contributed by atoms with Gasteiger partial charge in [-0.05, 0) is 53.8 Å². The van der Waals surface area contributed by atoms with Gasteiger partial charge in [-0.15, -0.1) is 0 Å². The fourth-order valence-electron chi connectivity index (χ4n) is 2.82. The van der Waals surface area contributed by atoms with Crippen LogP contribution in [0.2, 0.25) is 0 Å². The zero-order valence-electron chi connectivity index (χ0n) is 16.6. The Hall–Kier alpha value is -3.11. The number of nitrogens with two attached hydrogens (primary N) is 1. The SMILES string of the molecule is Cc1c(N)cc(-c2cccc(COC3CCOC3)c2)cc1C(=O)O.O=C(O)C(F)(F)F. The number of rotatable bonds is 5. The molecule has 0 saturated carbocycles. The number of ether oxygens (including phenoxy) is 2. The van der Waals surface area contributed by atoms with E-state index in [1.165, 1.54) is 0 Å². The minimum atomic E-state index is -5.08. The fraction of sp³-hybridized carbons (Fsp3) is 0.333. The average Bonchev–Trinajstić information content (AvgIpc) is 3.22. The maximum absolute atomic E-state index is 11.4. The van der Waals surface area contributed by atoms with Crippen LogP contribution in [0.4, 0.5) is 18.9 Å². The lowest BCUT2D eigenvalue weighted by Gasteiger charge is -2.12. The van der Waals surface area contributed by atoms with Gasteiger partial charge in [-0.2, -0.15) is 13.2 Å². The molecule has 1 unspecified atom stereocenters. The Kier molecular flexibility index (Phi) is 8.01. The number of hydrogen-bond donors (Lipinski definition) is 3. The first-order valence-electron chi connectivity index (χ1n) is 9.21. The van der Waals surface area contributed by atoms with Crippen molar-refractivity contribution in [3.8, 4) is 11.1 Å². The maximum Gasteiger partial charge on any atom is 0.490 e. The summed E-state index contributed by atoms with van der Waals surface area (Å²) in [5.41, 5.74) is 10.0. The molecule has 0 aromatic heterocycles. The van der Waals surface area contributed by atoms with E-state index in [-0.39, 0.29) is 11.7 Å². The van der Waals surface area contributed by atoms with Crippen LogP contribution in [0.5, 0.6) is 0 Å². The molecule has 3 rings (SSSR count). The summed E-state index contributed by atoms with van der Waals surface area (Å²) in [5, 5.41) is 16.5. The Morgan fingerprint density at radius 2 is 1.87 bits per heavy atom. The molecule has 1 atom stereocenters. The number of carboxylic acids is 2. The molecule has 1 aliphatic rings. The zero-order valence-corrected chi connectivity index (χ0v) is 16.6. The molecule has 0 radical (unpaired) electrons. The van der Waals surface area contributed by atoms with Crippen LogP contribution in [0, 0.1) is 6.92 Å². The predicted molar refractivity (Wildman–Crippen MR) is 106 cm³/mol. The highest BCUT2D eigenvalue weighted by molar-refractivity contribution is 5.93. The number of carboxylic acid groups (broad SMARTS) is 2. The van der Waals surface area contributed by atoms with Crippen molar-refractivity contribution < 1.29 is 42.4 Å². The van der Waals surface area contributed by atoms with Crippen molar-refractivity contribution in [3.05, 3.63) is 53.1 Å². The minimum absolute atomic E-state index is 0.155. The second-order valence-corrected chi connectivity index (χ2v) is 6.84. The number of halogens is 3. The van der Waals surface area contributed by atoms with E-state index < -0.39 is 18.1 Å². The van der Waals surface area contributed by atoms with Gasteiger partial charge < -0.3 is 25.4 Å². The minimum Gasteiger partial charge on any atom is -0.478 e. The number of nitrogen functional groups attached to an aromatic ring is 1. The van der Waals surface area contributed by atoms with Gasteiger partial charge in [-0.25, -0.2) is 9.59 Å². The van der Waals surface area contributed by atoms with Gasteiger partial charge in [0.15, 0.2) is 0 Å². The molecule has 7 nitrogen and oxygen atoms in total. The summed E-state index contributed by atoms with van der Waals surface area (Å²) in [6.07, 6.45) is -4.00. The van der Waals surface area contributed by atoms with Crippen LogP contribution in [-0.2, 0) is 20.9 Å². The molecule has 4 N–H and O–H groups in total. The first-order valence-corrected chi connectivity index (χ1v) is 9.21. The lowest BCUT2D eigenvalue weighted by atomic mass is 9.97. The molecule has 31 heavy (non-hydrogen) atoms. The molecule has 0 aliphatic carbocycles. The third kappa shape index (κ3) is 6.97.